The van der Waals surface area contributed by atoms with Crippen LogP contribution >= 0.6 is 0 Å². The van der Waals surface area contributed by atoms with E-state index in [-0.39, 0.29) is 6.04 Å². The number of para-hydroxylation sites is 1. The van der Waals surface area contributed by atoms with E-state index in [1.807, 2.05) is 42.7 Å². The van der Waals surface area contributed by atoms with Crippen LogP contribution in [0.25, 0.3) is 0 Å². The average Bonchev–Trinajstić information content (AvgIpc) is 2.93. The van der Waals surface area contributed by atoms with Gasteiger partial charge in [-0.3, -0.25) is 0 Å². The molecule has 108 valence electrons. The van der Waals surface area contributed by atoms with Gasteiger partial charge in [0.25, 0.3) is 0 Å². The molecular formula is C16H23N3O. The van der Waals surface area contributed by atoms with Gasteiger partial charge < -0.3 is 14.6 Å². The van der Waals surface area contributed by atoms with E-state index in [2.05, 4.69) is 28.7 Å². The van der Waals surface area contributed by atoms with Crippen molar-refractivity contribution < 1.29 is 4.74 Å². The number of hydrogen-bond donors (Lipinski definition) is 1. The first kappa shape index (κ1) is 14.6. The number of nitrogens with zero attached hydrogens (tertiary/aromatic N) is 2. The molecule has 0 spiro atoms. The van der Waals surface area contributed by atoms with Crippen molar-refractivity contribution in [2.45, 2.75) is 32.9 Å². The highest BCUT2D eigenvalue weighted by Crippen LogP contribution is 2.15. The van der Waals surface area contributed by atoms with Gasteiger partial charge in [0.15, 0.2) is 0 Å². The van der Waals surface area contributed by atoms with E-state index in [1.165, 1.54) is 0 Å². The van der Waals surface area contributed by atoms with E-state index in [1.54, 1.807) is 0 Å². The topological polar surface area (TPSA) is 39.1 Å². The summed E-state index contributed by atoms with van der Waals surface area (Å²) in [6.45, 7) is 6.73. The summed E-state index contributed by atoms with van der Waals surface area (Å²) >= 11 is 0. The summed E-state index contributed by atoms with van der Waals surface area (Å²) in [4.78, 5) is 4.49. The van der Waals surface area contributed by atoms with E-state index in [4.69, 9.17) is 4.74 Å². The SMILES string of the molecule is CCCn1ccnc1C(COc1ccccc1)NCC. The summed E-state index contributed by atoms with van der Waals surface area (Å²) in [7, 11) is 0. The second kappa shape index (κ2) is 7.70. The van der Waals surface area contributed by atoms with Crippen LogP contribution in [0.1, 0.15) is 32.1 Å². The van der Waals surface area contributed by atoms with Gasteiger partial charge in [0.05, 0.1) is 0 Å². The Morgan fingerprint density at radius 1 is 1.25 bits per heavy atom. The summed E-state index contributed by atoms with van der Waals surface area (Å²) in [6, 6.07) is 10.0. The zero-order chi connectivity index (χ0) is 14.2. The highest BCUT2D eigenvalue weighted by Gasteiger charge is 2.16. The molecule has 2 rings (SSSR count). The van der Waals surface area contributed by atoms with Crippen molar-refractivity contribution in [1.82, 2.24) is 14.9 Å². The molecule has 1 atom stereocenters. The lowest BCUT2D eigenvalue weighted by Crippen LogP contribution is -2.29. The Labute approximate surface area is 120 Å². The molecule has 1 aromatic heterocycles. The fraction of sp³-hybridized carbons (Fsp3) is 0.438. The molecule has 1 N–H and O–H groups in total. The van der Waals surface area contributed by atoms with Gasteiger partial charge in [-0.2, -0.15) is 0 Å². The molecule has 0 saturated heterocycles. The molecule has 1 aromatic carbocycles. The highest BCUT2D eigenvalue weighted by molar-refractivity contribution is 5.21. The molecule has 1 unspecified atom stereocenters. The lowest BCUT2D eigenvalue weighted by molar-refractivity contribution is 0.259. The van der Waals surface area contributed by atoms with E-state index in [0.717, 1.165) is 31.1 Å². The molecule has 0 radical (unpaired) electrons. The van der Waals surface area contributed by atoms with Crippen molar-refractivity contribution >= 4 is 0 Å². The van der Waals surface area contributed by atoms with E-state index < -0.39 is 0 Å². The van der Waals surface area contributed by atoms with Crippen LogP contribution in [0.2, 0.25) is 0 Å². The van der Waals surface area contributed by atoms with E-state index >= 15 is 0 Å². The van der Waals surface area contributed by atoms with Gasteiger partial charge in [-0.1, -0.05) is 32.0 Å². The maximum absolute atomic E-state index is 5.86. The predicted octanol–water partition coefficient (Wildman–Crippen LogP) is 3.02. The van der Waals surface area contributed by atoms with Crippen LogP contribution in [0.5, 0.6) is 5.75 Å². The smallest absolute Gasteiger partial charge is 0.129 e. The first-order valence-corrected chi connectivity index (χ1v) is 7.27. The molecule has 20 heavy (non-hydrogen) atoms. The molecule has 0 amide bonds. The van der Waals surface area contributed by atoms with Crippen molar-refractivity contribution in [3.05, 3.63) is 48.5 Å². The number of aromatic nitrogens is 2. The third-order valence-corrected chi connectivity index (χ3v) is 3.13. The molecule has 0 fully saturated rings. The van der Waals surface area contributed by atoms with Crippen LogP contribution in [0.4, 0.5) is 0 Å². The summed E-state index contributed by atoms with van der Waals surface area (Å²) in [5.41, 5.74) is 0. The normalized spacial score (nSPS) is 12.3. The van der Waals surface area contributed by atoms with Gasteiger partial charge in [-0.25, -0.2) is 4.98 Å². The number of rotatable bonds is 8. The van der Waals surface area contributed by atoms with Crippen molar-refractivity contribution in [3.8, 4) is 5.75 Å². The van der Waals surface area contributed by atoms with E-state index in [0.29, 0.717) is 6.61 Å². The van der Waals surface area contributed by atoms with E-state index in [9.17, 15) is 0 Å². The first-order chi connectivity index (χ1) is 9.85. The van der Waals surface area contributed by atoms with Crippen LogP contribution in [0, 0.1) is 0 Å². The monoisotopic (exact) mass is 273 g/mol. The Hall–Kier alpha value is -1.81. The lowest BCUT2D eigenvalue weighted by Gasteiger charge is -2.19. The van der Waals surface area contributed by atoms with Gasteiger partial charge in [0, 0.05) is 18.9 Å². The van der Waals surface area contributed by atoms with Crippen molar-refractivity contribution in [2.75, 3.05) is 13.2 Å². The van der Waals surface area contributed by atoms with Crippen molar-refractivity contribution in [3.63, 3.8) is 0 Å². The third kappa shape index (κ3) is 3.84. The minimum absolute atomic E-state index is 0.113. The predicted molar refractivity (Wildman–Crippen MR) is 80.9 cm³/mol. The lowest BCUT2D eigenvalue weighted by atomic mass is 10.2. The number of imidazole rings is 1. The maximum Gasteiger partial charge on any atom is 0.129 e. The molecular weight excluding hydrogens is 250 g/mol. The molecule has 4 heteroatoms. The summed E-state index contributed by atoms with van der Waals surface area (Å²) in [5.74, 6) is 1.94. The Morgan fingerprint density at radius 2 is 2.05 bits per heavy atom. The zero-order valence-electron chi connectivity index (χ0n) is 12.2. The van der Waals surface area contributed by atoms with Gasteiger partial charge in [-0.15, -0.1) is 0 Å². The van der Waals surface area contributed by atoms with Crippen molar-refractivity contribution in [2.24, 2.45) is 0 Å². The minimum atomic E-state index is 0.113. The molecule has 4 nitrogen and oxygen atoms in total. The Morgan fingerprint density at radius 3 is 2.75 bits per heavy atom. The van der Waals surface area contributed by atoms with Crippen molar-refractivity contribution in [1.29, 1.82) is 0 Å². The maximum atomic E-state index is 5.86. The molecule has 0 saturated carbocycles. The van der Waals surface area contributed by atoms with Crippen LogP contribution in [-0.4, -0.2) is 22.7 Å². The highest BCUT2D eigenvalue weighted by atomic mass is 16.5. The molecule has 2 aromatic rings. The minimum Gasteiger partial charge on any atom is -0.491 e. The summed E-state index contributed by atoms with van der Waals surface area (Å²) in [5, 5.41) is 3.45. The summed E-state index contributed by atoms with van der Waals surface area (Å²) in [6.07, 6.45) is 4.99. The molecule has 0 aliphatic rings. The summed E-state index contributed by atoms with van der Waals surface area (Å²) < 4.78 is 8.06. The third-order valence-electron chi connectivity index (χ3n) is 3.13. The van der Waals surface area contributed by atoms with Gasteiger partial charge in [0.1, 0.15) is 24.2 Å². The zero-order valence-corrected chi connectivity index (χ0v) is 12.2. The Balaban J connectivity index is 2.04. The second-order valence-electron chi connectivity index (χ2n) is 4.71. The Kier molecular flexibility index (Phi) is 5.62. The molecule has 0 bridgehead atoms. The van der Waals surface area contributed by atoms with Gasteiger partial charge >= 0.3 is 0 Å². The largest absolute Gasteiger partial charge is 0.491 e. The average molecular weight is 273 g/mol. The number of aryl methyl sites for hydroxylation is 1. The Bertz CT molecular complexity index is 495. The standard InChI is InChI=1S/C16H23N3O/c1-3-11-19-12-10-18-16(19)15(17-4-2)13-20-14-8-6-5-7-9-14/h5-10,12,15,17H,3-4,11,13H2,1-2H3. The fourth-order valence-electron chi connectivity index (χ4n) is 2.23. The molecule has 0 aliphatic heterocycles. The quantitative estimate of drug-likeness (QED) is 0.803. The number of benzene rings is 1. The number of hydrogen-bond acceptors (Lipinski definition) is 3. The van der Waals surface area contributed by atoms with Crippen LogP contribution < -0.4 is 10.1 Å². The first-order valence-electron chi connectivity index (χ1n) is 7.27. The number of ether oxygens (including phenoxy) is 1. The second-order valence-corrected chi connectivity index (χ2v) is 4.71. The molecule has 1 heterocycles. The van der Waals surface area contributed by atoms with Crippen LogP contribution in [-0.2, 0) is 6.54 Å². The van der Waals surface area contributed by atoms with Crippen LogP contribution in [0.3, 0.4) is 0 Å². The van der Waals surface area contributed by atoms with Crippen LogP contribution in [0.15, 0.2) is 42.7 Å². The van der Waals surface area contributed by atoms with Gasteiger partial charge in [0.2, 0.25) is 0 Å². The molecule has 0 aliphatic carbocycles. The number of nitrogens with one attached hydrogen (secondary N) is 1. The number of likely N-dealkylation sites (N-methyl/N-ethyl adjacent to an activating group) is 1. The van der Waals surface area contributed by atoms with Gasteiger partial charge in [-0.05, 0) is 25.1 Å². The fourth-order valence-corrected chi connectivity index (χ4v) is 2.23.